The number of fused-ring (bicyclic) bond motifs is 1. The highest BCUT2D eigenvalue weighted by Crippen LogP contribution is 2.65. The predicted octanol–water partition coefficient (Wildman–Crippen LogP) is 1.73. The summed E-state index contributed by atoms with van der Waals surface area (Å²) in [7, 11) is -3.32. The first-order valence-corrected chi connectivity index (χ1v) is 7.78. The average molecular weight is 284 g/mol. The van der Waals surface area contributed by atoms with Gasteiger partial charge in [0, 0.05) is 18.5 Å². The van der Waals surface area contributed by atoms with Crippen LogP contribution in [0.25, 0.3) is 0 Å². The Balaban J connectivity index is 1.87. The molecule has 2 aliphatic heterocycles. The fourth-order valence-electron chi connectivity index (χ4n) is 2.34. The van der Waals surface area contributed by atoms with Crippen LogP contribution in [-0.4, -0.2) is 33.3 Å². The summed E-state index contributed by atoms with van der Waals surface area (Å²) < 4.78 is 11.0. The Morgan fingerprint density at radius 1 is 1.37 bits per heavy atom. The predicted molar refractivity (Wildman–Crippen MR) is 67.5 cm³/mol. The molecule has 0 spiro atoms. The molecule has 0 aliphatic carbocycles. The first-order chi connectivity index (χ1) is 9.10. The number of benzene rings is 1. The van der Waals surface area contributed by atoms with Gasteiger partial charge >= 0.3 is 7.94 Å². The zero-order valence-corrected chi connectivity index (χ0v) is 11.1. The van der Waals surface area contributed by atoms with Crippen molar-refractivity contribution in [1.29, 1.82) is 0 Å². The fourth-order valence-corrected chi connectivity index (χ4v) is 4.40. The number of hydroxylamine groups is 2. The highest BCUT2D eigenvalue weighted by molar-refractivity contribution is 7.62. The van der Waals surface area contributed by atoms with Gasteiger partial charge in [-0.05, 0) is 12.5 Å². The molecule has 2 N–H and O–H groups in total. The van der Waals surface area contributed by atoms with Gasteiger partial charge in [0.2, 0.25) is 5.66 Å². The Morgan fingerprint density at radius 3 is 3.00 bits per heavy atom. The maximum Gasteiger partial charge on any atom is 0.467 e. The lowest BCUT2D eigenvalue weighted by Gasteiger charge is -2.32. The molecule has 1 amide bonds. The van der Waals surface area contributed by atoms with Crippen LogP contribution in [0, 0.1) is 0 Å². The van der Waals surface area contributed by atoms with Gasteiger partial charge < -0.3 is 0 Å². The van der Waals surface area contributed by atoms with Gasteiger partial charge in [0.25, 0.3) is 5.91 Å². The molecule has 1 aromatic carbocycles. The number of piperidine rings is 1. The molecule has 0 saturated carbocycles. The number of hydrogen-bond acceptors (Lipinski definition) is 5. The zero-order valence-electron chi connectivity index (χ0n) is 10.2. The van der Waals surface area contributed by atoms with Crippen molar-refractivity contribution in [2.24, 2.45) is 0 Å². The fraction of sp³-hybridized carbons (Fsp3) is 0.417. The van der Waals surface area contributed by atoms with E-state index < -0.39 is 19.5 Å². The van der Waals surface area contributed by atoms with Crippen molar-refractivity contribution in [3.63, 3.8) is 0 Å². The third-order valence-corrected chi connectivity index (χ3v) is 5.61. The van der Waals surface area contributed by atoms with Crippen molar-refractivity contribution in [3.05, 3.63) is 29.8 Å². The highest BCUT2D eigenvalue weighted by atomic mass is 31.2. The number of carbonyl (C=O) groups is 1. The van der Waals surface area contributed by atoms with Crippen molar-refractivity contribution >= 4 is 13.9 Å². The SMILES string of the molecule is O=C1[C@@H]([P+]2(O)OCc3ccccc3O2)CCCN1O. The van der Waals surface area contributed by atoms with Crippen LogP contribution in [0.4, 0.5) is 0 Å². The van der Waals surface area contributed by atoms with Crippen molar-refractivity contribution in [2.75, 3.05) is 6.54 Å². The molecule has 1 fully saturated rings. The van der Waals surface area contributed by atoms with E-state index in [0.717, 1.165) is 5.56 Å². The average Bonchev–Trinajstić information content (AvgIpc) is 2.41. The van der Waals surface area contributed by atoms with E-state index in [2.05, 4.69) is 0 Å². The maximum absolute atomic E-state index is 11.9. The molecule has 2 heterocycles. The van der Waals surface area contributed by atoms with Crippen molar-refractivity contribution in [1.82, 2.24) is 5.06 Å². The van der Waals surface area contributed by atoms with Crippen molar-refractivity contribution in [3.8, 4) is 5.75 Å². The molecule has 19 heavy (non-hydrogen) atoms. The van der Waals surface area contributed by atoms with Gasteiger partial charge in [-0.15, -0.1) is 0 Å². The molecule has 3 rings (SSSR count). The van der Waals surface area contributed by atoms with E-state index in [0.29, 0.717) is 23.7 Å². The lowest BCUT2D eigenvalue weighted by Crippen LogP contribution is -2.44. The Labute approximate surface area is 111 Å². The third kappa shape index (κ3) is 2.21. The molecule has 102 valence electrons. The van der Waals surface area contributed by atoms with E-state index >= 15 is 0 Å². The molecular weight excluding hydrogens is 269 g/mol. The summed E-state index contributed by atoms with van der Waals surface area (Å²) in [4.78, 5) is 22.5. The van der Waals surface area contributed by atoms with Gasteiger partial charge in [-0.25, -0.2) is 5.06 Å². The number of para-hydroxylation sites is 1. The van der Waals surface area contributed by atoms with Crippen LogP contribution in [0.2, 0.25) is 0 Å². The number of rotatable bonds is 1. The summed E-state index contributed by atoms with van der Waals surface area (Å²) >= 11 is 0. The monoisotopic (exact) mass is 284 g/mol. The second-order valence-electron chi connectivity index (χ2n) is 4.66. The molecule has 0 radical (unpaired) electrons. The van der Waals surface area contributed by atoms with Crippen LogP contribution < -0.4 is 4.52 Å². The smallest absolute Gasteiger partial charge is 0.286 e. The second kappa shape index (κ2) is 4.72. The van der Waals surface area contributed by atoms with Crippen LogP contribution in [0.5, 0.6) is 5.75 Å². The van der Waals surface area contributed by atoms with E-state index in [1.807, 2.05) is 12.1 Å². The van der Waals surface area contributed by atoms with Crippen LogP contribution >= 0.6 is 7.94 Å². The lowest BCUT2D eigenvalue weighted by atomic mass is 10.1. The summed E-state index contributed by atoms with van der Waals surface area (Å²) in [6.45, 7) is 0.502. The van der Waals surface area contributed by atoms with Gasteiger partial charge in [-0.2, -0.15) is 9.42 Å². The number of nitrogens with zero attached hydrogens (tertiary/aromatic N) is 1. The Kier molecular flexibility index (Phi) is 3.19. The Morgan fingerprint density at radius 2 is 2.16 bits per heavy atom. The van der Waals surface area contributed by atoms with Crippen molar-refractivity contribution < 1.29 is 23.9 Å². The summed E-state index contributed by atoms with van der Waals surface area (Å²) in [6, 6.07) is 7.25. The van der Waals surface area contributed by atoms with Crippen LogP contribution in [0.15, 0.2) is 24.3 Å². The normalized spacial score (nSPS) is 30.7. The second-order valence-corrected chi connectivity index (χ2v) is 6.85. The number of carbonyl (C=O) groups excluding carboxylic acids is 1. The Bertz CT molecular complexity index is 511. The van der Waals surface area contributed by atoms with Crippen molar-refractivity contribution in [2.45, 2.75) is 25.1 Å². The van der Waals surface area contributed by atoms with E-state index in [1.165, 1.54) is 0 Å². The highest BCUT2D eigenvalue weighted by Gasteiger charge is 2.59. The third-order valence-electron chi connectivity index (χ3n) is 3.39. The lowest BCUT2D eigenvalue weighted by molar-refractivity contribution is -0.169. The molecule has 1 unspecified atom stereocenters. The summed E-state index contributed by atoms with van der Waals surface area (Å²) in [5.41, 5.74) is 0.0379. The first kappa shape index (κ1) is 12.8. The summed E-state index contributed by atoms with van der Waals surface area (Å²) in [6.07, 6.45) is 1.08. The molecule has 6 nitrogen and oxygen atoms in total. The molecular formula is C12H15NO5P+. The Hall–Kier alpha value is -1.20. The summed E-state index contributed by atoms with van der Waals surface area (Å²) in [5.74, 6) is 0.0221. The quantitative estimate of drug-likeness (QED) is 0.606. The van der Waals surface area contributed by atoms with E-state index in [4.69, 9.17) is 9.05 Å². The standard InChI is InChI=1S/C12H15NO5P/c14-12-11(6-3-7-13(12)15)19(16)17-8-9-4-1-2-5-10(9)18-19/h1-2,4-5,11,15-16H,3,6-8H2/q+1/t11-,19?/m0/s1. The molecule has 0 aromatic heterocycles. The number of amides is 1. The van der Waals surface area contributed by atoms with E-state index in [-0.39, 0.29) is 13.2 Å². The molecule has 1 aromatic rings. The van der Waals surface area contributed by atoms with Gasteiger partial charge in [0.05, 0.1) is 0 Å². The zero-order chi connectivity index (χ0) is 13.5. The molecule has 0 bridgehead atoms. The topological polar surface area (TPSA) is 79.2 Å². The molecule has 2 aliphatic rings. The van der Waals surface area contributed by atoms with Gasteiger partial charge in [0.1, 0.15) is 6.61 Å². The maximum atomic E-state index is 11.9. The largest absolute Gasteiger partial charge is 0.467 e. The number of hydrogen-bond donors (Lipinski definition) is 2. The molecule has 1 saturated heterocycles. The van der Waals surface area contributed by atoms with Gasteiger partial charge in [-0.1, -0.05) is 18.2 Å². The van der Waals surface area contributed by atoms with Crippen LogP contribution in [-0.2, 0) is 15.9 Å². The van der Waals surface area contributed by atoms with Crippen LogP contribution in [0.1, 0.15) is 18.4 Å². The van der Waals surface area contributed by atoms with Crippen LogP contribution in [0.3, 0.4) is 0 Å². The minimum atomic E-state index is -3.32. The van der Waals surface area contributed by atoms with Gasteiger partial charge in [0.15, 0.2) is 5.75 Å². The minimum Gasteiger partial charge on any atom is -0.286 e. The van der Waals surface area contributed by atoms with E-state index in [1.54, 1.807) is 12.1 Å². The molecule has 7 heteroatoms. The molecule has 2 atom stereocenters. The first-order valence-electron chi connectivity index (χ1n) is 6.14. The summed E-state index contributed by atoms with van der Waals surface area (Å²) in [5, 5.41) is 10.1. The van der Waals surface area contributed by atoms with Gasteiger partial charge in [-0.3, -0.25) is 14.5 Å². The minimum absolute atomic E-state index is 0.218. The van der Waals surface area contributed by atoms with E-state index in [9.17, 15) is 14.9 Å².